The van der Waals surface area contributed by atoms with Crippen molar-refractivity contribution in [1.29, 1.82) is 0 Å². The molecule has 13 heavy (non-hydrogen) atoms. The van der Waals surface area contributed by atoms with E-state index in [4.69, 9.17) is 9.47 Å². The third kappa shape index (κ3) is 2.96. The molecule has 2 heteroatoms. The van der Waals surface area contributed by atoms with Crippen LogP contribution in [0.4, 0.5) is 0 Å². The smallest absolute Gasteiger partial charge is 0.166 e. The molecule has 1 heterocycles. The Bertz CT molecular complexity index is 158. The highest BCUT2D eigenvalue weighted by molar-refractivity contribution is 4.75. The Morgan fingerprint density at radius 3 is 2.54 bits per heavy atom. The van der Waals surface area contributed by atoms with Gasteiger partial charge in [-0.1, -0.05) is 20.3 Å². The van der Waals surface area contributed by atoms with Crippen LogP contribution in [0.1, 0.15) is 53.4 Å². The molecule has 0 bridgehead atoms. The molecule has 3 atom stereocenters. The first-order valence-corrected chi connectivity index (χ1v) is 5.45. The topological polar surface area (TPSA) is 18.5 Å². The van der Waals surface area contributed by atoms with E-state index in [1.807, 2.05) is 0 Å². The number of ether oxygens (including phenoxy) is 2. The van der Waals surface area contributed by atoms with Gasteiger partial charge in [0, 0.05) is 6.42 Å². The SMILES string of the molecule is CCCC1(C)OC(C)CC(CC)O1. The van der Waals surface area contributed by atoms with Crippen LogP contribution >= 0.6 is 0 Å². The Balaban J connectivity index is 2.54. The zero-order chi connectivity index (χ0) is 9.90. The van der Waals surface area contributed by atoms with Gasteiger partial charge in [0.05, 0.1) is 12.2 Å². The van der Waals surface area contributed by atoms with Crippen molar-refractivity contribution < 1.29 is 9.47 Å². The number of rotatable bonds is 3. The molecular weight excluding hydrogens is 164 g/mol. The minimum Gasteiger partial charge on any atom is -0.347 e. The molecule has 1 rings (SSSR count). The van der Waals surface area contributed by atoms with Crippen molar-refractivity contribution in [1.82, 2.24) is 0 Å². The third-order valence-corrected chi connectivity index (χ3v) is 2.62. The third-order valence-electron chi connectivity index (χ3n) is 2.62. The van der Waals surface area contributed by atoms with E-state index in [0.29, 0.717) is 12.2 Å². The Morgan fingerprint density at radius 2 is 2.00 bits per heavy atom. The van der Waals surface area contributed by atoms with E-state index in [2.05, 4.69) is 27.7 Å². The van der Waals surface area contributed by atoms with Gasteiger partial charge < -0.3 is 9.47 Å². The van der Waals surface area contributed by atoms with Crippen molar-refractivity contribution >= 4 is 0 Å². The van der Waals surface area contributed by atoms with E-state index in [9.17, 15) is 0 Å². The molecule has 0 spiro atoms. The minimum absolute atomic E-state index is 0.326. The van der Waals surface area contributed by atoms with Gasteiger partial charge in [-0.2, -0.15) is 0 Å². The lowest BCUT2D eigenvalue weighted by atomic mass is 10.0. The highest BCUT2D eigenvalue weighted by Gasteiger charge is 2.35. The average Bonchev–Trinajstić information content (AvgIpc) is 2.02. The normalized spacial score (nSPS) is 40.6. The van der Waals surface area contributed by atoms with Crippen molar-refractivity contribution in [2.24, 2.45) is 0 Å². The predicted octanol–water partition coefficient (Wildman–Crippen LogP) is 3.11. The van der Waals surface area contributed by atoms with E-state index < -0.39 is 0 Å². The first-order valence-electron chi connectivity index (χ1n) is 5.45. The summed E-state index contributed by atoms with van der Waals surface area (Å²) in [6.07, 6.45) is 4.96. The van der Waals surface area contributed by atoms with Crippen LogP contribution in [0, 0.1) is 0 Å². The van der Waals surface area contributed by atoms with Crippen LogP contribution in [-0.4, -0.2) is 18.0 Å². The lowest BCUT2D eigenvalue weighted by Gasteiger charge is -2.41. The predicted molar refractivity (Wildman–Crippen MR) is 53.6 cm³/mol. The molecule has 0 N–H and O–H groups in total. The fraction of sp³-hybridized carbons (Fsp3) is 1.00. The lowest BCUT2D eigenvalue weighted by Crippen LogP contribution is -2.45. The fourth-order valence-corrected chi connectivity index (χ4v) is 2.09. The molecule has 0 saturated carbocycles. The molecular formula is C11H22O2. The van der Waals surface area contributed by atoms with Gasteiger partial charge in [-0.15, -0.1) is 0 Å². The van der Waals surface area contributed by atoms with Crippen LogP contribution in [0.2, 0.25) is 0 Å². The summed E-state index contributed by atoms with van der Waals surface area (Å²) in [5.41, 5.74) is 0. The Kier molecular flexibility index (Phi) is 3.74. The van der Waals surface area contributed by atoms with Gasteiger partial charge >= 0.3 is 0 Å². The van der Waals surface area contributed by atoms with Gasteiger partial charge in [0.25, 0.3) is 0 Å². The van der Waals surface area contributed by atoms with Crippen molar-refractivity contribution in [3.05, 3.63) is 0 Å². The summed E-state index contributed by atoms with van der Waals surface area (Å²) in [6.45, 7) is 8.54. The second kappa shape index (κ2) is 4.43. The summed E-state index contributed by atoms with van der Waals surface area (Å²) in [7, 11) is 0. The van der Waals surface area contributed by atoms with Crippen LogP contribution in [0.5, 0.6) is 0 Å². The maximum Gasteiger partial charge on any atom is 0.166 e. The van der Waals surface area contributed by atoms with E-state index in [1.165, 1.54) is 0 Å². The van der Waals surface area contributed by atoms with Crippen molar-refractivity contribution in [2.75, 3.05) is 0 Å². The zero-order valence-electron chi connectivity index (χ0n) is 9.30. The Morgan fingerprint density at radius 1 is 1.31 bits per heavy atom. The molecule has 0 aromatic carbocycles. The van der Waals surface area contributed by atoms with Gasteiger partial charge in [-0.25, -0.2) is 0 Å². The van der Waals surface area contributed by atoms with Crippen LogP contribution in [0.3, 0.4) is 0 Å². The van der Waals surface area contributed by atoms with Gasteiger partial charge in [-0.05, 0) is 26.7 Å². The minimum atomic E-state index is -0.326. The summed E-state index contributed by atoms with van der Waals surface area (Å²) < 4.78 is 11.7. The van der Waals surface area contributed by atoms with Crippen molar-refractivity contribution in [3.8, 4) is 0 Å². The van der Waals surface area contributed by atoms with Crippen LogP contribution in [0.25, 0.3) is 0 Å². The molecule has 0 aliphatic carbocycles. The first-order chi connectivity index (χ1) is 6.09. The standard InChI is InChI=1S/C11H22O2/c1-5-7-11(4)12-9(3)8-10(6-2)13-11/h9-10H,5-8H2,1-4H3. The Labute approximate surface area is 81.6 Å². The highest BCUT2D eigenvalue weighted by atomic mass is 16.7. The molecule has 0 aromatic heterocycles. The number of hydrogen-bond acceptors (Lipinski definition) is 2. The second-order valence-electron chi connectivity index (χ2n) is 4.20. The van der Waals surface area contributed by atoms with E-state index in [0.717, 1.165) is 25.7 Å². The molecule has 78 valence electrons. The summed E-state index contributed by atoms with van der Waals surface area (Å²) in [6, 6.07) is 0. The molecule has 0 amide bonds. The van der Waals surface area contributed by atoms with Crippen molar-refractivity contribution in [2.45, 2.75) is 71.4 Å². The number of hydrogen-bond donors (Lipinski definition) is 0. The maximum atomic E-state index is 5.91. The van der Waals surface area contributed by atoms with Gasteiger partial charge in [0.2, 0.25) is 0 Å². The average molecular weight is 186 g/mol. The Hall–Kier alpha value is -0.0800. The van der Waals surface area contributed by atoms with Gasteiger partial charge in [0.15, 0.2) is 5.79 Å². The monoisotopic (exact) mass is 186 g/mol. The zero-order valence-corrected chi connectivity index (χ0v) is 9.30. The van der Waals surface area contributed by atoms with E-state index in [1.54, 1.807) is 0 Å². The molecule has 3 unspecified atom stereocenters. The van der Waals surface area contributed by atoms with E-state index >= 15 is 0 Å². The van der Waals surface area contributed by atoms with Crippen LogP contribution in [-0.2, 0) is 9.47 Å². The van der Waals surface area contributed by atoms with Gasteiger partial charge in [0.1, 0.15) is 0 Å². The first kappa shape index (κ1) is 11.0. The molecule has 1 aliphatic rings. The molecule has 1 fully saturated rings. The fourth-order valence-electron chi connectivity index (χ4n) is 2.09. The summed E-state index contributed by atoms with van der Waals surface area (Å²) in [5, 5.41) is 0. The summed E-state index contributed by atoms with van der Waals surface area (Å²) in [4.78, 5) is 0. The summed E-state index contributed by atoms with van der Waals surface area (Å²) >= 11 is 0. The van der Waals surface area contributed by atoms with Crippen molar-refractivity contribution in [3.63, 3.8) is 0 Å². The van der Waals surface area contributed by atoms with E-state index in [-0.39, 0.29) is 5.79 Å². The largest absolute Gasteiger partial charge is 0.347 e. The summed E-state index contributed by atoms with van der Waals surface area (Å²) in [5.74, 6) is -0.326. The second-order valence-corrected chi connectivity index (χ2v) is 4.20. The van der Waals surface area contributed by atoms with Crippen LogP contribution < -0.4 is 0 Å². The lowest BCUT2D eigenvalue weighted by molar-refractivity contribution is -0.308. The quantitative estimate of drug-likeness (QED) is 0.674. The molecule has 2 nitrogen and oxygen atoms in total. The molecule has 1 aliphatic heterocycles. The molecule has 0 aromatic rings. The van der Waals surface area contributed by atoms with Gasteiger partial charge in [-0.3, -0.25) is 0 Å². The highest BCUT2D eigenvalue weighted by Crippen LogP contribution is 2.31. The van der Waals surface area contributed by atoms with Crippen LogP contribution in [0.15, 0.2) is 0 Å². The maximum absolute atomic E-state index is 5.91. The molecule has 1 saturated heterocycles. The molecule has 0 radical (unpaired) electrons.